The quantitative estimate of drug-likeness (QED) is 0.610. The van der Waals surface area contributed by atoms with Crippen molar-refractivity contribution in [2.45, 2.75) is 13.0 Å². The highest BCUT2D eigenvalue weighted by Crippen LogP contribution is 2.12. The second kappa shape index (κ2) is 3.44. The minimum Gasteiger partial charge on any atom is -0.392 e. The number of nitrogens with zero attached hydrogens (tertiary/aromatic N) is 1. The summed E-state index contributed by atoms with van der Waals surface area (Å²) in [5.74, 6) is 2.33. The average molecular weight is 147 g/mol. The summed E-state index contributed by atoms with van der Waals surface area (Å²) in [5.41, 5.74) is 0. The van der Waals surface area contributed by atoms with Gasteiger partial charge in [0.2, 0.25) is 0 Å². The summed E-state index contributed by atoms with van der Waals surface area (Å²) in [5, 5.41) is 8.96. The third kappa shape index (κ3) is 2.56. The van der Waals surface area contributed by atoms with Crippen LogP contribution in [-0.4, -0.2) is 40.8 Å². The Morgan fingerprint density at radius 1 is 1.78 bits per heavy atom. The lowest BCUT2D eigenvalue weighted by atomic mass is 10.4. The summed E-state index contributed by atoms with van der Waals surface area (Å²) in [6.07, 6.45) is -0.163. The largest absolute Gasteiger partial charge is 0.392 e. The van der Waals surface area contributed by atoms with Gasteiger partial charge >= 0.3 is 0 Å². The molecule has 0 amide bonds. The van der Waals surface area contributed by atoms with Crippen LogP contribution in [0.25, 0.3) is 0 Å². The lowest BCUT2D eigenvalue weighted by molar-refractivity contribution is 0.144. The average Bonchev–Trinajstić information content (AvgIpc) is 2.15. The van der Waals surface area contributed by atoms with Crippen molar-refractivity contribution in [1.82, 2.24) is 4.90 Å². The minimum absolute atomic E-state index is 0.163. The first-order valence-electron chi connectivity index (χ1n) is 3.27. The van der Waals surface area contributed by atoms with E-state index in [1.54, 1.807) is 0 Å². The van der Waals surface area contributed by atoms with E-state index >= 15 is 0 Å². The monoisotopic (exact) mass is 147 g/mol. The number of rotatable bonds is 2. The lowest BCUT2D eigenvalue weighted by Crippen LogP contribution is -2.28. The van der Waals surface area contributed by atoms with Gasteiger partial charge < -0.3 is 5.11 Å². The Labute approximate surface area is 60.2 Å². The number of aliphatic hydroxyl groups is 1. The second-order valence-corrected chi connectivity index (χ2v) is 3.54. The zero-order chi connectivity index (χ0) is 6.69. The Bertz CT molecular complexity index is 81.1. The molecule has 1 aliphatic rings. The molecule has 0 spiro atoms. The van der Waals surface area contributed by atoms with Crippen LogP contribution >= 0.6 is 11.8 Å². The normalized spacial score (nSPS) is 24.7. The molecule has 1 fully saturated rings. The number of hydrogen-bond acceptors (Lipinski definition) is 3. The SMILES string of the molecule is CC(O)CN1CCSC1. The smallest absolute Gasteiger partial charge is 0.0639 e. The highest BCUT2D eigenvalue weighted by Gasteiger charge is 2.12. The maximum Gasteiger partial charge on any atom is 0.0639 e. The van der Waals surface area contributed by atoms with Gasteiger partial charge in [-0.3, -0.25) is 4.90 Å². The van der Waals surface area contributed by atoms with Crippen molar-refractivity contribution in [3.8, 4) is 0 Å². The van der Waals surface area contributed by atoms with Crippen LogP contribution in [0, 0.1) is 0 Å². The number of β-amino-alcohol motifs (C(OH)–C–C–N with tert-alkyl or cyclic N) is 1. The van der Waals surface area contributed by atoms with Crippen LogP contribution in [0.15, 0.2) is 0 Å². The van der Waals surface area contributed by atoms with Gasteiger partial charge in [-0.2, -0.15) is 0 Å². The molecular weight excluding hydrogens is 134 g/mol. The lowest BCUT2D eigenvalue weighted by Gasteiger charge is -2.14. The van der Waals surface area contributed by atoms with E-state index in [0.29, 0.717) is 0 Å². The maximum absolute atomic E-state index is 8.96. The van der Waals surface area contributed by atoms with Gasteiger partial charge in [0.05, 0.1) is 6.10 Å². The number of thioether (sulfide) groups is 1. The van der Waals surface area contributed by atoms with Gasteiger partial charge in [-0.1, -0.05) is 0 Å². The summed E-state index contributed by atoms with van der Waals surface area (Å²) in [7, 11) is 0. The minimum atomic E-state index is -0.163. The molecule has 1 N–H and O–H groups in total. The second-order valence-electron chi connectivity index (χ2n) is 2.46. The third-order valence-electron chi connectivity index (χ3n) is 1.35. The zero-order valence-electron chi connectivity index (χ0n) is 5.71. The number of hydrogen-bond donors (Lipinski definition) is 1. The highest BCUT2D eigenvalue weighted by molar-refractivity contribution is 7.99. The fourth-order valence-electron chi connectivity index (χ4n) is 0.970. The van der Waals surface area contributed by atoms with Gasteiger partial charge in [0, 0.05) is 24.7 Å². The molecule has 1 aliphatic heterocycles. The van der Waals surface area contributed by atoms with Crippen LogP contribution in [0.1, 0.15) is 6.92 Å². The van der Waals surface area contributed by atoms with Crippen molar-refractivity contribution in [2.75, 3.05) is 24.7 Å². The molecule has 0 aromatic carbocycles. The van der Waals surface area contributed by atoms with Gasteiger partial charge in [0.1, 0.15) is 0 Å². The van der Waals surface area contributed by atoms with Crippen LogP contribution in [0.3, 0.4) is 0 Å². The molecule has 3 heteroatoms. The summed E-state index contributed by atoms with van der Waals surface area (Å²) in [6.45, 7) is 3.82. The summed E-state index contributed by atoms with van der Waals surface area (Å²) in [6, 6.07) is 0. The Kier molecular flexibility index (Phi) is 2.82. The van der Waals surface area contributed by atoms with Gasteiger partial charge in [0.15, 0.2) is 0 Å². The highest BCUT2D eigenvalue weighted by atomic mass is 32.2. The predicted molar refractivity (Wildman–Crippen MR) is 40.6 cm³/mol. The molecule has 0 aromatic rings. The first-order valence-corrected chi connectivity index (χ1v) is 4.42. The predicted octanol–water partition coefficient (Wildman–Crippen LogP) is 0.374. The molecule has 1 heterocycles. The molecule has 0 saturated carbocycles. The van der Waals surface area contributed by atoms with Crippen LogP contribution in [-0.2, 0) is 0 Å². The van der Waals surface area contributed by atoms with Crippen molar-refractivity contribution in [3.63, 3.8) is 0 Å². The fourth-order valence-corrected chi connectivity index (χ4v) is 1.98. The molecule has 0 aromatic heterocycles. The van der Waals surface area contributed by atoms with E-state index < -0.39 is 0 Å². The molecule has 54 valence electrons. The van der Waals surface area contributed by atoms with Crippen molar-refractivity contribution >= 4 is 11.8 Å². The Morgan fingerprint density at radius 2 is 2.56 bits per heavy atom. The van der Waals surface area contributed by atoms with Crippen LogP contribution < -0.4 is 0 Å². The Morgan fingerprint density at radius 3 is 3.00 bits per heavy atom. The molecule has 1 unspecified atom stereocenters. The van der Waals surface area contributed by atoms with E-state index in [0.717, 1.165) is 19.0 Å². The standard InChI is InChI=1S/C6H13NOS/c1-6(8)4-7-2-3-9-5-7/h6,8H,2-5H2,1H3. The van der Waals surface area contributed by atoms with E-state index in [1.165, 1.54) is 5.75 Å². The molecule has 1 saturated heterocycles. The zero-order valence-corrected chi connectivity index (χ0v) is 6.52. The Balaban J connectivity index is 2.11. The molecule has 0 aliphatic carbocycles. The summed E-state index contributed by atoms with van der Waals surface area (Å²) < 4.78 is 0. The summed E-state index contributed by atoms with van der Waals surface area (Å²) >= 11 is 1.94. The van der Waals surface area contributed by atoms with E-state index in [9.17, 15) is 0 Å². The molecule has 1 atom stereocenters. The third-order valence-corrected chi connectivity index (χ3v) is 2.37. The van der Waals surface area contributed by atoms with E-state index in [2.05, 4.69) is 4.90 Å². The van der Waals surface area contributed by atoms with E-state index in [1.807, 2.05) is 18.7 Å². The van der Waals surface area contributed by atoms with Crippen LogP contribution in [0.5, 0.6) is 0 Å². The topological polar surface area (TPSA) is 23.5 Å². The summed E-state index contributed by atoms with van der Waals surface area (Å²) in [4.78, 5) is 2.27. The maximum atomic E-state index is 8.96. The van der Waals surface area contributed by atoms with Crippen molar-refractivity contribution in [1.29, 1.82) is 0 Å². The first-order chi connectivity index (χ1) is 4.29. The van der Waals surface area contributed by atoms with E-state index in [4.69, 9.17) is 5.11 Å². The van der Waals surface area contributed by atoms with Crippen molar-refractivity contribution in [2.24, 2.45) is 0 Å². The van der Waals surface area contributed by atoms with Crippen LogP contribution in [0.4, 0.5) is 0 Å². The van der Waals surface area contributed by atoms with Gasteiger partial charge in [-0.15, -0.1) is 11.8 Å². The van der Waals surface area contributed by atoms with Crippen LogP contribution in [0.2, 0.25) is 0 Å². The molecule has 9 heavy (non-hydrogen) atoms. The fraction of sp³-hybridized carbons (Fsp3) is 1.00. The van der Waals surface area contributed by atoms with Gasteiger partial charge in [-0.25, -0.2) is 0 Å². The van der Waals surface area contributed by atoms with E-state index in [-0.39, 0.29) is 6.10 Å². The van der Waals surface area contributed by atoms with Crippen molar-refractivity contribution < 1.29 is 5.11 Å². The molecule has 0 radical (unpaired) electrons. The van der Waals surface area contributed by atoms with Crippen molar-refractivity contribution in [3.05, 3.63) is 0 Å². The molecular formula is C6H13NOS. The number of aliphatic hydroxyl groups excluding tert-OH is 1. The first kappa shape index (κ1) is 7.38. The molecule has 0 bridgehead atoms. The Hall–Kier alpha value is 0.270. The molecule has 2 nitrogen and oxygen atoms in total. The molecule has 1 rings (SSSR count). The van der Waals surface area contributed by atoms with Gasteiger partial charge in [0.25, 0.3) is 0 Å². The van der Waals surface area contributed by atoms with Gasteiger partial charge in [-0.05, 0) is 6.92 Å².